The first-order chi connectivity index (χ1) is 10.1. The van der Waals surface area contributed by atoms with Gasteiger partial charge in [0.25, 0.3) is 0 Å². The highest BCUT2D eigenvalue weighted by molar-refractivity contribution is 5.76. The Balaban J connectivity index is 1.81. The lowest BCUT2D eigenvalue weighted by Gasteiger charge is -2.27. The van der Waals surface area contributed by atoms with Crippen LogP contribution < -0.4 is 5.73 Å². The quantitative estimate of drug-likeness (QED) is 0.816. The average Bonchev–Trinajstić information content (AvgIpc) is 2.93. The molecule has 2 rings (SSSR count). The lowest BCUT2D eigenvalue weighted by atomic mass is 10.1. The van der Waals surface area contributed by atoms with Crippen LogP contribution in [-0.2, 0) is 11.2 Å². The molecular formula is C17H27N3O. The van der Waals surface area contributed by atoms with Crippen LogP contribution >= 0.6 is 0 Å². The molecule has 1 fully saturated rings. The molecule has 4 heteroatoms. The molecule has 21 heavy (non-hydrogen) atoms. The van der Waals surface area contributed by atoms with Crippen molar-refractivity contribution in [3.8, 4) is 0 Å². The third-order valence-corrected chi connectivity index (χ3v) is 4.48. The lowest BCUT2D eigenvalue weighted by molar-refractivity contribution is -0.130. The molecule has 0 saturated carbocycles. The third kappa shape index (κ3) is 4.21. The van der Waals surface area contributed by atoms with E-state index >= 15 is 0 Å². The number of hydrogen-bond acceptors (Lipinski definition) is 3. The monoisotopic (exact) mass is 289 g/mol. The highest BCUT2D eigenvalue weighted by atomic mass is 16.2. The van der Waals surface area contributed by atoms with Crippen molar-refractivity contribution in [1.29, 1.82) is 0 Å². The summed E-state index contributed by atoms with van der Waals surface area (Å²) < 4.78 is 0. The molecule has 1 saturated heterocycles. The van der Waals surface area contributed by atoms with Crippen LogP contribution in [0.5, 0.6) is 0 Å². The fraction of sp³-hybridized carbons (Fsp3) is 0.588. The van der Waals surface area contributed by atoms with Gasteiger partial charge in [0.2, 0.25) is 5.91 Å². The molecule has 2 N–H and O–H groups in total. The maximum absolute atomic E-state index is 12.3. The number of rotatable bonds is 6. The molecule has 1 amide bonds. The Morgan fingerprint density at radius 3 is 2.90 bits per heavy atom. The minimum Gasteiger partial charge on any atom is -0.399 e. The number of amides is 1. The molecule has 1 aromatic rings. The predicted octanol–water partition coefficient (Wildman–Crippen LogP) is 2.14. The SMILES string of the molecule is CCN1CCCC1CN(C)C(=O)CCc1ccccc1N. The number of likely N-dealkylation sites (N-methyl/N-ethyl adjacent to an activating group) is 2. The summed E-state index contributed by atoms with van der Waals surface area (Å²) in [5.74, 6) is 0.209. The van der Waals surface area contributed by atoms with Gasteiger partial charge in [0.05, 0.1) is 0 Å². The van der Waals surface area contributed by atoms with Crippen molar-refractivity contribution in [3.63, 3.8) is 0 Å². The first-order valence-corrected chi connectivity index (χ1v) is 7.93. The second-order valence-electron chi connectivity index (χ2n) is 5.90. The summed E-state index contributed by atoms with van der Waals surface area (Å²) in [5, 5.41) is 0. The Morgan fingerprint density at radius 2 is 2.19 bits per heavy atom. The number of hydrogen-bond donors (Lipinski definition) is 1. The maximum Gasteiger partial charge on any atom is 0.222 e. The summed E-state index contributed by atoms with van der Waals surface area (Å²) in [4.78, 5) is 16.6. The zero-order chi connectivity index (χ0) is 15.2. The maximum atomic E-state index is 12.3. The van der Waals surface area contributed by atoms with Crippen LogP contribution in [0.15, 0.2) is 24.3 Å². The number of carbonyl (C=O) groups excluding carboxylic acids is 1. The predicted molar refractivity (Wildman–Crippen MR) is 87.1 cm³/mol. The van der Waals surface area contributed by atoms with E-state index in [2.05, 4.69) is 11.8 Å². The lowest BCUT2D eigenvalue weighted by Crippen LogP contribution is -2.41. The van der Waals surface area contributed by atoms with Gasteiger partial charge in [-0.05, 0) is 44.0 Å². The smallest absolute Gasteiger partial charge is 0.222 e. The molecule has 0 spiro atoms. The highest BCUT2D eigenvalue weighted by Crippen LogP contribution is 2.18. The van der Waals surface area contributed by atoms with Crippen molar-refractivity contribution < 1.29 is 4.79 Å². The third-order valence-electron chi connectivity index (χ3n) is 4.48. The summed E-state index contributed by atoms with van der Waals surface area (Å²) in [6.07, 6.45) is 3.71. The van der Waals surface area contributed by atoms with E-state index in [1.165, 1.54) is 19.4 Å². The molecule has 0 aromatic heterocycles. The van der Waals surface area contributed by atoms with E-state index < -0.39 is 0 Å². The molecule has 1 atom stereocenters. The topological polar surface area (TPSA) is 49.6 Å². The average molecular weight is 289 g/mol. The Bertz CT molecular complexity index is 475. The number of benzene rings is 1. The van der Waals surface area contributed by atoms with E-state index in [-0.39, 0.29) is 5.91 Å². The summed E-state index contributed by atoms with van der Waals surface area (Å²) >= 11 is 0. The van der Waals surface area contributed by atoms with Gasteiger partial charge in [0.15, 0.2) is 0 Å². The molecular weight excluding hydrogens is 262 g/mol. The highest BCUT2D eigenvalue weighted by Gasteiger charge is 2.25. The Labute approximate surface area is 127 Å². The molecule has 1 heterocycles. The largest absolute Gasteiger partial charge is 0.399 e. The van der Waals surface area contributed by atoms with E-state index in [0.29, 0.717) is 12.5 Å². The van der Waals surface area contributed by atoms with E-state index in [4.69, 9.17) is 5.73 Å². The number of para-hydroxylation sites is 1. The van der Waals surface area contributed by atoms with Gasteiger partial charge in [-0.2, -0.15) is 0 Å². The van der Waals surface area contributed by atoms with Crippen LogP contribution in [-0.4, -0.2) is 48.4 Å². The number of nitrogens with zero attached hydrogens (tertiary/aromatic N) is 2. The molecule has 116 valence electrons. The molecule has 0 radical (unpaired) electrons. The Hall–Kier alpha value is -1.55. The molecule has 1 aliphatic heterocycles. The minimum atomic E-state index is 0.209. The van der Waals surface area contributed by atoms with Crippen LogP contribution in [0.25, 0.3) is 0 Å². The van der Waals surface area contributed by atoms with Gasteiger partial charge in [-0.25, -0.2) is 0 Å². The van der Waals surface area contributed by atoms with Crippen LogP contribution in [0.3, 0.4) is 0 Å². The summed E-state index contributed by atoms with van der Waals surface area (Å²) in [6, 6.07) is 8.31. The van der Waals surface area contributed by atoms with Crippen molar-refractivity contribution in [2.45, 2.75) is 38.6 Å². The first kappa shape index (κ1) is 15.8. The van der Waals surface area contributed by atoms with E-state index in [1.54, 1.807) is 0 Å². The molecule has 1 aromatic carbocycles. The molecule has 1 unspecified atom stereocenters. The molecule has 0 aliphatic carbocycles. The van der Waals surface area contributed by atoms with Crippen molar-refractivity contribution in [1.82, 2.24) is 9.80 Å². The number of nitrogen functional groups attached to an aromatic ring is 1. The number of nitrogens with two attached hydrogens (primary N) is 1. The van der Waals surface area contributed by atoms with Gasteiger partial charge in [0, 0.05) is 31.7 Å². The standard InChI is InChI=1S/C17H27N3O/c1-3-20-12-6-8-15(20)13-19(2)17(21)11-10-14-7-4-5-9-16(14)18/h4-5,7,9,15H,3,6,8,10-13,18H2,1-2H3. The van der Waals surface area contributed by atoms with E-state index in [1.807, 2.05) is 36.2 Å². The van der Waals surface area contributed by atoms with Gasteiger partial charge in [-0.3, -0.25) is 9.69 Å². The summed E-state index contributed by atoms with van der Waals surface area (Å²) in [5.41, 5.74) is 7.76. The van der Waals surface area contributed by atoms with E-state index in [0.717, 1.165) is 30.8 Å². The number of anilines is 1. The Morgan fingerprint density at radius 1 is 1.43 bits per heavy atom. The van der Waals surface area contributed by atoms with Gasteiger partial charge < -0.3 is 10.6 Å². The van der Waals surface area contributed by atoms with Crippen molar-refractivity contribution >= 4 is 11.6 Å². The van der Waals surface area contributed by atoms with Gasteiger partial charge >= 0.3 is 0 Å². The van der Waals surface area contributed by atoms with E-state index in [9.17, 15) is 4.79 Å². The molecule has 4 nitrogen and oxygen atoms in total. The fourth-order valence-electron chi connectivity index (χ4n) is 3.13. The zero-order valence-electron chi connectivity index (χ0n) is 13.2. The van der Waals surface area contributed by atoms with Gasteiger partial charge in [-0.1, -0.05) is 25.1 Å². The Kier molecular flexibility index (Phi) is 5.62. The van der Waals surface area contributed by atoms with Crippen molar-refractivity contribution in [2.75, 3.05) is 32.4 Å². The van der Waals surface area contributed by atoms with Crippen LogP contribution in [0, 0.1) is 0 Å². The van der Waals surface area contributed by atoms with Crippen LogP contribution in [0.4, 0.5) is 5.69 Å². The normalized spacial score (nSPS) is 18.9. The number of aryl methyl sites for hydroxylation is 1. The molecule has 0 bridgehead atoms. The van der Waals surface area contributed by atoms with Gasteiger partial charge in [0.1, 0.15) is 0 Å². The first-order valence-electron chi connectivity index (χ1n) is 7.93. The zero-order valence-corrected chi connectivity index (χ0v) is 13.2. The van der Waals surface area contributed by atoms with Crippen molar-refractivity contribution in [3.05, 3.63) is 29.8 Å². The molecule has 1 aliphatic rings. The summed E-state index contributed by atoms with van der Waals surface area (Å²) in [6.45, 7) is 5.28. The van der Waals surface area contributed by atoms with Crippen LogP contribution in [0.1, 0.15) is 31.7 Å². The summed E-state index contributed by atoms with van der Waals surface area (Å²) in [7, 11) is 1.92. The fourth-order valence-corrected chi connectivity index (χ4v) is 3.13. The number of likely N-dealkylation sites (tertiary alicyclic amines) is 1. The van der Waals surface area contributed by atoms with Crippen molar-refractivity contribution in [2.24, 2.45) is 0 Å². The van der Waals surface area contributed by atoms with Crippen LogP contribution in [0.2, 0.25) is 0 Å². The van der Waals surface area contributed by atoms with Gasteiger partial charge in [-0.15, -0.1) is 0 Å². The number of carbonyl (C=O) groups is 1. The second kappa shape index (κ2) is 7.46. The minimum absolute atomic E-state index is 0.209. The second-order valence-corrected chi connectivity index (χ2v) is 5.90.